The Labute approximate surface area is 127 Å². The number of aromatic nitrogens is 1. The summed E-state index contributed by atoms with van der Waals surface area (Å²) in [6.45, 7) is 4.32. The van der Waals surface area contributed by atoms with Gasteiger partial charge < -0.3 is 9.84 Å². The van der Waals surface area contributed by atoms with E-state index in [9.17, 15) is 5.11 Å². The van der Waals surface area contributed by atoms with Crippen LogP contribution in [0.25, 0.3) is 10.8 Å². The van der Waals surface area contributed by atoms with Gasteiger partial charge in [-0.15, -0.1) is 0 Å². The van der Waals surface area contributed by atoms with Gasteiger partial charge in [0.2, 0.25) is 5.88 Å². The number of hydrogen-bond acceptors (Lipinski definition) is 3. The maximum absolute atomic E-state index is 9.39. The lowest BCUT2D eigenvalue weighted by Gasteiger charge is -2.16. The summed E-state index contributed by atoms with van der Waals surface area (Å²) in [5.41, 5.74) is 0.841. The molecule has 2 rings (SSSR count). The van der Waals surface area contributed by atoms with Crippen molar-refractivity contribution in [3.05, 3.63) is 36.0 Å². The summed E-state index contributed by atoms with van der Waals surface area (Å²) in [6.07, 6.45) is 7.93. The largest absolute Gasteiger partial charge is 0.474 e. The molecule has 0 aliphatic heterocycles. The molecule has 1 unspecified atom stereocenters. The molecule has 0 spiro atoms. The molecule has 0 radical (unpaired) electrons. The standard InChI is InChI=1S/C18H25NO2/c1-3-4-5-6-9-14(2)21-18-17-11-8-7-10-16(17)15(13-20)12-19-18/h7-8,10-12,14,20H,3-6,9,13H2,1-2H3. The van der Waals surface area contributed by atoms with Crippen LogP contribution in [0.2, 0.25) is 0 Å². The third kappa shape index (κ3) is 4.18. The molecule has 0 saturated carbocycles. The SMILES string of the molecule is CCCCCCC(C)Oc1ncc(CO)c2ccccc12. The highest BCUT2D eigenvalue weighted by atomic mass is 16.5. The van der Waals surface area contributed by atoms with Gasteiger partial charge in [-0.05, 0) is 31.2 Å². The third-order valence-corrected chi connectivity index (χ3v) is 3.79. The predicted molar refractivity (Wildman–Crippen MR) is 86.5 cm³/mol. The van der Waals surface area contributed by atoms with E-state index in [1.165, 1.54) is 25.7 Å². The molecule has 0 fully saturated rings. The lowest BCUT2D eigenvalue weighted by atomic mass is 10.1. The first-order valence-electron chi connectivity index (χ1n) is 7.90. The van der Waals surface area contributed by atoms with E-state index in [0.29, 0.717) is 5.88 Å². The molecule has 2 aromatic rings. The number of benzene rings is 1. The van der Waals surface area contributed by atoms with Crippen LogP contribution in [0, 0.1) is 0 Å². The van der Waals surface area contributed by atoms with Gasteiger partial charge in [-0.1, -0.05) is 44.4 Å². The lowest BCUT2D eigenvalue weighted by molar-refractivity contribution is 0.201. The second-order valence-electron chi connectivity index (χ2n) is 5.57. The van der Waals surface area contributed by atoms with Gasteiger partial charge in [-0.2, -0.15) is 0 Å². The number of pyridine rings is 1. The summed E-state index contributed by atoms with van der Waals surface area (Å²) in [5, 5.41) is 11.4. The van der Waals surface area contributed by atoms with Crippen LogP contribution in [0.1, 0.15) is 51.5 Å². The van der Waals surface area contributed by atoms with Crippen molar-refractivity contribution < 1.29 is 9.84 Å². The molecular weight excluding hydrogens is 262 g/mol. The van der Waals surface area contributed by atoms with Gasteiger partial charge in [0, 0.05) is 17.1 Å². The zero-order valence-corrected chi connectivity index (χ0v) is 13.0. The van der Waals surface area contributed by atoms with Crippen molar-refractivity contribution in [1.82, 2.24) is 4.98 Å². The van der Waals surface area contributed by atoms with Gasteiger partial charge >= 0.3 is 0 Å². The van der Waals surface area contributed by atoms with E-state index in [0.717, 1.165) is 22.8 Å². The first-order chi connectivity index (χ1) is 10.3. The molecule has 1 N–H and O–H groups in total. The Morgan fingerprint density at radius 1 is 1.14 bits per heavy atom. The lowest BCUT2D eigenvalue weighted by Crippen LogP contribution is -2.13. The normalized spacial score (nSPS) is 12.5. The maximum Gasteiger partial charge on any atom is 0.221 e. The van der Waals surface area contributed by atoms with Gasteiger partial charge in [0.05, 0.1) is 12.7 Å². The molecule has 0 aliphatic carbocycles. The fourth-order valence-corrected chi connectivity index (χ4v) is 2.55. The Morgan fingerprint density at radius 2 is 1.90 bits per heavy atom. The zero-order chi connectivity index (χ0) is 15.1. The van der Waals surface area contributed by atoms with Gasteiger partial charge in [-0.25, -0.2) is 4.98 Å². The van der Waals surface area contributed by atoms with E-state index in [2.05, 4.69) is 18.8 Å². The molecule has 0 saturated heterocycles. The highest BCUT2D eigenvalue weighted by Gasteiger charge is 2.11. The van der Waals surface area contributed by atoms with E-state index in [1.807, 2.05) is 24.3 Å². The number of aliphatic hydroxyl groups excluding tert-OH is 1. The fraction of sp³-hybridized carbons (Fsp3) is 0.500. The average molecular weight is 287 g/mol. The van der Waals surface area contributed by atoms with Crippen molar-refractivity contribution >= 4 is 10.8 Å². The summed E-state index contributed by atoms with van der Waals surface area (Å²) < 4.78 is 6.01. The van der Waals surface area contributed by atoms with Crippen molar-refractivity contribution in [1.29, 1.82) is 0 Å². The van der Waals surface area contributed by atoms with Crippen LogP contribution < -0.4 is 4.74 Å². The van der Waals surface area contributed by atoms with Crippen LogP contribution in [0.15, 0.2) is 30.5 Å². The zero-order valence-electron chi connectivity index (χ0n) is 13.0. The minimum absolute atomic E-state index is 0.000362. The number of aliphatic hydroxyl groups is 1. The summed E-state index contributed by atoms with van der Waals surface area (Å²) >= 11 is 0. The van der Waals surface area contributed by atoms with Crippen molar-refractivity contribution in [2.45, 2.75) is 58.7 Å². The molecule has 114 valence electrons. The topological polar surface area (TPSA) is 42.4 Å². The van der Waals surface area contributed by atoms with Gasteiger partial charge in [0.15, 0.2) is 0 Å². The summed E-state index contributed by atoms with van der Waals surface area (Å²) in [4.78, 5) is 4.38. The molecule has 0 aliphatic rings. The van der Waals surface area contributed by atoms with Gasteiger partial charge in [-0.3, -0.25) is 0 Å². The fourth-order valence-electron chi connectivity index (χ4n) is 2.55. The molecule has 3 heteroatoms. The Morgan fingerprint density at radius 3 is 2.62 bits per heavy atom. The molecule has 0 amide bonds. The van der Waals surface area contributed by atoms with Gasteiger partial charge in [0.25, 0.3) is 0 Å². The van der Waals surface area contributed by atoms with E-state index >= 15 is 0 Å². The molecular formula is C18H25NO2. The first kappa shape index (κ1) is 15.8. The number of hydrogen-bond donors (Lipinski definition) is 1. The maximum atomic E-state index is 9.39. The second kappa shape index (κ2) is 7.99. The number of rotatable bonds is 8. The predicted octanol–water partition coefficient (Wildman–Crippen LogP) is 4.46. The smallest absolute Gasteiger partial charge is 0.221 e. The number of unbranched alkanes of at least 4 members (excludes halogenated alkanes) is 3. The molecule has 1 atom stereocenters. The number of fused-ring (bicyclic) bond motifs is 1. The third-order valence-electron chi connectivity index (χ3n) is 3.79. The van der Waals surface area contributed by atoms with E-state index in [1.54, 1.807) is 6.20 Å². The summed E-state index contributed by atoms with van der Waals surface area (Å²) in [6, 6.07) is 7.95. The van der Waals surface area contributed by atoms with Crippen LogP contribution >= 0.6 is 0 Å². The highest BCUT2D eigenvalue weighted by Crippen LogP contribution is 2.27. The van der Waals surface area contributed by atoms with E-state index < -0.39 is 0 Å². The van der Waals surface area contributed by atoms with Crippen LogP contribution in [0.4, 0.5) is 0 Å². The molecule has 3 nitrogen and oxygen atoms in total. The second-order valence-corrected chi connectivity index (χ2v) is 5.57. The van der Waals surface area contributed by atoms with Crippen molar-refractivity contribution in [2.24, 2.45) is 0 Å². The minimum atomic E-state index is 0.000362. The first-order valence-corrected chi connectivity index (χ1v) is 7.90. The van der Waals surface area contributed by atoms with Crippen molar-refractivity contribution in [3.8, 4) is 5.88 Å². The van der Waals surface area contributed by atoms with Crippen LogP contribution in [-0.4, -0.2) is 16.2 Å². The minimum Gasteiger partial charge on any atom is -0.474 e. The Kier molecular flexibility index (Phi) is 6.00. The Balaban J connectivity index is 2.08. The molecule has 1 aromatic heterocycles. The molecule has 1 heterocycles. The summed E-state index contributed by atoms with van der Waals surface area (Å²) in [5.74, 6) is 0.672. The number of nitrogens with zero attached hydrogens (tertiary/aromatic N) is 1. The van der Waals surface area contributed by atoms with Crippen molar-refractivity contribution in [3.63, 3.8) is 0 Å². The molecule has 21 heavy (non-hydrogen) atoms. The van der Waals surface area contributed by atoms with E-state index in [-0.39, 0.29) is 12.7 Å². The van der Waals surface area contributed by atoms with Crippen LogP contribution in [0.5, 0.6) is 5.88 Å². The highest BCUT2D eigenvalue weighted by molar-refractivity contribution is 5.89. The van der Waals surface area contributed by atoms with Crippen LogP contribution in [0.3, 0.4) is 0 Å². The van der Waals surface area contributed by atoms with Gasteiger partial charge in [0.1, 0.15) is 0 Å². The quantitative estimate of drug-likeness (QED) is 0.729. The molecule has 0 bridgehead atoms. The molecule has 1 aromatic carbocycles. The number of ether oxygens (including phenoxy) is 1. The monoisotopic (exact) mass is 287 g/mol. The average Bonchev–Trinajstić information content (AvgIpc) is 2.52. The Bertz CT molecular complexity index is 568. The van der Waals surface area contributed by atoms with E-state index in [4.69, 9.17) is 4.74 Å². The Hall–Kier alpha value is -1.61. The summed E-state index contributed by atoms with van der Waals surface area (Å²) in [7, 11) is 0. The van der Waals surface area contributed by atoms with Crippen molar-refractivity contribution in [2.75, 3.05) is 0 Å². The van der Waals surface area contributed by atoms with Crippen LogP contribution in [-0.2, 0) is 6.61 Å².